The number of nitrogens with zero attached hydrogens (tertiary/aromatic N) is 1. The van der Waals surface area contributed by atoms with Gasteiger partial charge in [-0.15, -0.1) is 11.3 Å². The second-order valence-corrected chi connectivity index (χ2v) is 6.88. The molecule has 1 aliphatic rings. The van der Waals surface area contributed by atoms with Crippen LogP contribution in [-0.4, -0.2) is 23.3 Å². The van der Waals surface area contributed by atoms with Gasteiger partial charge in [0.15, 0.2) is 0 Å². The fourth-order valence-electron chi connectivity index (χ4n) is 2.49. The summed E-state index contributed by atoms with van der Waals surface area (Å²) in [5.41, 5.74) is 0. The molecule has 1 saturated carbocycles. The lowest BCUT2D eigenvalue weighted by Gasteiger charge is -2.24. The van der Waals surface area contributed by atoms with Gasteiger partial charge >= 0.3 is 0 Å². The number of nitrogens with one attached hydrogen (secondary N) is 1. The summed E-state index contributed by atoms with van der Waals surface area (Å²) < 4.78 is 1.21. The Morgan fingerprint density at radius 1 is 1.53 bits per heavy atom. The monoisotopic (exact) mass is 270 g/mol. The third-order valence-electron chi connectivity index (χ3n) is 3.42. The van der Waals surface area contributed by atoms with Gasteiger partial charge in [0.1, 0.15) is 4.34 Å². The number of aromatic nitrogens is 1. The van der Waals surface area contributed by atoms with Crippen LogP contribution in [0.4, 0.5) is 0 Å². The van der Waals surface area contributed by atoms with E-state index in [-0.39, 0.29) is 0 Å². The molecule has 0 aromatic carbocycles. The van der Waals surface area contributed by atoms with Crippen LogP contribution in [0.3, 0.4) is 0 Å². The van der Waals surface area contributed by atoms with Crippen molar-refractivity contribution >= 4 is 23.1 Å². The maximum Gasteiger partial charge on any atom is 0.149 e. The topological polar surface area (TPSA) is 24.9 Å². The van der Waals surface area contributed by atoms with E-state index in [1.807, 2.05) is 18.0 Å². The normalized spacial score (nSPS) is 18.6. The quantitative estimate of drug-likeness (QED) is 0.763. The van der Waals surface area contributed by atoms with Crippen molar-refractivity contribution in [1.29, 1.82) is 0 Å². The number of rotatable bonds is 7. The molecule has 2 nitrogen and oxygen atoms in total. The number of hydrogen-bond acceptors (Lipinski definition) is 4. The Bertz CT molecular complexity index is 294. The largest absolute Gasteiger partial charge is 0.313 e. The van der Waals surface area contributed by atoms with Crippen molar-refractivity contribution < 1.29 is 0 Å². The summed E-state index contributed by atoms with van der Waals surface area (Å²) in [6.45, 7) is 3.40. The van der Waals surface area contributed by atoms with E-state index in [0.29, 0.717) is 6.04 Å². The summed E-state index contributed by atoms with van der Waals surface area (Å²) in [5.74, 6) is 2.08. The smallest absolute Gasteiger partial charge is 0.149 e. The predicted molar refractivity (Wildman–Crippen MR) is 76.9 cm³/mol. The summed E-state index contributed by atoms with van der Waals surface area (Å²) in [4.78, 5) is 4.35. The number of thiazole rings is 1. The van der Waals surface area contributed by atoms with E-state index in [4.69, 9.17) is 0 Å². The minimum Gasteiger partial charge on any atom is -0.313 e. The van der Waals surface area contributed by atoms with Gasteiger partial charge in [-0.25, -0.2) is 4.98 Å². The van der Waals surface area contributed by atoms with Crippen molar-refractivity contribution in [2.45, 2.75) is 49.4 Å². The molecule has 1 fully saturated rings. The molecular formula is C13H22N2S2. The molecule has 1 N–H and O–H groups in total. The van der Waals surface area contributed by atoms with Gasteiger partial charge in [0, 0.05) is 23.4 Å². The summed E-state index contributed by atoms with van der Waals surface area (Å²) in [6, 6.07) is 0.686. The van der Waals surface area contributed by atoms with Gasteiger partial charge in [-0.1, -0.05) is 31.5 Å². The van der Waals surface area contributed by atoms with E-state index in [0.717, 1.165) is 12.5 Å². The summed E-state index contributed by atoms with van der Waals surface area (Å²) in [5, 5.41) is 5.79. The van der Waals surface area contributed by atoms with E-state index < -0.39 is 0 Å². The van der Waals surface area contributed by atoms with Crippen molar-refractivity contribution in [3.8, 4) is 0 Å². The molecule has 0 spiro atoms. The van der Waals surface area contributed by atoms with Crippen LogP contribution in [-0.2, 0) is 0 Å². The summed E-state index contributed by atoms with van der Waals surface area (Å²) in [6.07, 6.45) is 8.82. The van der Waals surface area contributed by atoms with Gasteiger partial charge in [-0.2, -0.15) is 0 Å². The molecular weight excluding hydrogens is 248 g/mol. The van der Waals surface area contributed by atoms with Crippen molar-refractivity contribution in [2.24, 2.45) is 5.92 Å². The average molecular weight is 270 g/mol. The van der Waals surface area contributed by atoms with Crippen LogP contribution >= 0.6 is 23.1 Å². The lowest BCUT2D eigenvalue weighted by molar-refractivity contribution is 0.388. The molecule has 1 atom stereocenters. The van der Waals surface area contributed by atoms with E-state index >= 15 is 0 Å². The molecule has 2 rings (SSSR count). The minimum absolute atomic E-state index is 0.686. The molecule has 96 valence electrons. The summed E-state index contributed by atoms with van der Waals surface area (Å²) in [7, 11) is 0. The highest BCUT2D eigenvalue weighted by molar-refractivity contribution is 8.01. The summed E-state index contributed by atoms with van der Waals surface area (Å²) >= 11 is 3.67. The van der Waals surface area contributed by atoms with Crippen LogP contribution in [0.25, 0.3) is 0 Å². The molecule has 1 unspecified atom stereocenters. The third kappa shape index (κ3) is 4.27. The molecule has 0 radical (unpaired) electrons. The maximum absolute atomic E-state index is 4.35. The second-order valence-electron chi connectivity index (χ2n) is 4.71. The standard InChI is InChI=1S/C13H22N2S2/c1-2-7-14-12(11-5-3-4-6-11)10-17-13-15-8-9-16-13/h8-9,11-12,14H,2-7,10H2,1H3. The van der Waals surface area contributed by atoms with Gasteiger partial charge in [0.2, 0.25) is 0 Å². The first-order chi connectivity index (χ1) is 8.40. The van der Waals surface area contributed by atoms with Crippen LogP contribution in [0.1, 0.15) is 39.0 Å². The van der Waals surface area contributed by atoms with Gasteiger partial charge in [0.25, 0.3) is 0 Å². The fraction of sp³-hybridized carbons (Fsp3) is 0.769. The predicted octanol–water partition coefficient (Wildman–Crippen LogP) is 3.79. The number of thioether (sulfide) groups is 1. The van der Waals surface area contributed by atoms with Crippen molar-refractivity contribution in [3.63, 3.8) is 0 Å². The van der Waals surface area contributed by atoms with Crippen LogP contribution < -0.4 is 5.32 Å². The van der Waals surface area contributed by atoms with Gasteiger partial charge in [-0.05, 0) is 31.7 Å². The lowest BCUT2D eigenvalue weighted by atomic mass is 10.00. The maximum atomic E-state index is 4.35. The Kier molecular flexibility index (Phi) is 5.81. The van der Waals surface area contributed by atoms with E-state index in [1.54, 1.807) is 11.3 Å². The molecule has 4 heteroatoms. The first-order valence-electron chi connectivity index (χ1n) is 6.66. The van der Waals surface area contributed by atoms with E-state index in [1.165, 1.54) is 42.2 Å². The van der Waals surface area contributed by atoms with Crippen molar-refractivity contribution in [2.75, 3.05) is 12.3 Å². The third-order valence-corrected chi connectivity index (χ3v) is 5.51. The highest BCUT2D eigenvalue weighted by Crippen LogP contribution is 2.31. The zero-order chi connectivity index (χ0) is 11.9. The molecule has 0 saturated heterocycles. The second kappa shape index (κ2) is 7.39. The molecule has 1 aromatic rings. The lowest BCUT2D eigenvalue weighted by Crippen LogP contribution is -2.37. The Labute approximate surface area is 113 Å². The van der Waals surface area contributed by atoms with E-state index in [2.05, 4.69) is 22.6 Å². The highest BCUT2D eigenvalue weighted by Gasteiger charge is 2.24. The Morgan fingerprint density at radius 3 is 3.00 bits per heavy atom. The first kappa shape index (κ1) is 13.4. The molecule has 1 heterocycles. The van der Waals surface area contributed by atoms with Crippen LogP contribution in [0.2, 0.25) is 0 Å². The minimum atomic E-state index is 0.686. The van der Waals surface area contributed by atoms with Gasteiger partial charge in [-0.3, -0.25) is 0 Å². The molecule has 1 aliphatic carbocycles. The molecule has 0 aliphatic heterocycles. The Morgan fingerprint density at radius 2 is 2.35 bits per heavy atom. The van der Waals surface area contributed by atoms with Crippen molar-refractivity contribution in [3.05, 3.63) is 11.6 Å². The van der Waals surface area contributed by atoms with Crippen molar-refractivity contribution in [1.82, 2.24) is 10.3 Å². The zero-order valence-electron chi connectivity index (χ0n) is 10.5. The molecule has 0 amide bonds. The van der Waals surface area contributed by atoms with Gasteiger partial charge in [0.05, 0.1) is 0 Å². The zero-order valence-corrected chi connectivity index (χ0v) is 12.2. The SMILES string of the molecule is CCCNC(CSc1nccs1)C1CCCC1. The fourth-order valence-corrected chi connectivity index (χ4v) is 4.34. The van der Waals surface area contributed by atoms with E-state index in [9.17, 15) is 0 Å². The molecule has 1 aromatic heterocycles. The van der Waals surface area contributed by atoms with Crippen LogP contribution in [0.15, 0.2) is 15.9 Å². The molecule has 0 bridgehead atoms. The number of hydrogen-bond donors (Lipinski definition) is 1. The van der Waals surface area contributed by atoms with Crippen LogP contribution in [0.5, 0.6) is 0 Å². The van der Waals surface area contributed by atoms with Crippen LogP contribution in [0, 0.1) is 5.92 Å². The first-order valence-corrected chi connectivity index (χ1v) is 8.52. The average Bonchev–Trinajstić information content (AvgIpc) is 3.01. The highest BCUT2D eigenvalue weighted by atomic mass is 32.2. The Hall–Kier alpha value is -0.0600. The van der Waals surface area contributed by atoms with Gasteiger partial charge < -0.3 is 5.32 Å². The molecule has 17 heavy (non-hydrogen) atoms. The Balaban J connectivity index is 1.81.